The molecular weight excluding hydrogens is 553 g/mol. The van der Waals surface area contributed by atoms with Crippen LogP contribution in [0.15, 0.2) is 48.5 Å². The van der Waals surface area contributed by atoms with Gasteiger partial charge in [0.05, 0.1) is 28.8 Å². The molecule has 0 amide bonds. The van der Waals surface area contributed by atoms with Crippen molar-refractivity contribution in [2.24, 2.45) is 0 Å². The fraction of sp³-hybridized carbons (Fsp3) is 0.448. The van der Waals surface area contributed by atoms with Gasteiger partial charge in [-0.1, -0.05) is 31.2 Å². The van der Waals surface area contributed by atoms with Crippen LogP contribution in [0.2, 0.25) is 0 Å². The molecule has 12 heteroatoms. The smallest absolute Gasteiger partial charge is 0.368 e. The lowest BCUT2D eigenvalue weighted by molar-refractivity contribution is -0.137. The molecule has 0 bridgehead atoms. The maximum atomic E-state index is 13.1. The Hall–Kier alpha value is -3.40. The minimum atomic E-state index is -4.45. The first kappa shape index (κ1) is 30.6. The van der Waals surface area contributed by atoms with E-state index in [9.17, 15) is 26.9 Å². The van der Waals surface area contributed by atoms with Gasteiger partial charge in [-0.3, -0.25) is 9.58 Å². The van der Waals surface area contributed by atoms with Gasteiger partial charge in [0.15, 0.2) is 0 Å². The number of benzene rings is 2. The summed E-state index contributed by atoms with van der Waals surface area (Å²) in [6.07, 6.45) is -2.50. The van der Waals surface area contributed by atoms with E-state index >= 15 is 0 Å². The molecule has 1 aliphatic heterocycles. The maximum Gasteiger partial charge on any atom is 0.416 e. The number of para-hydroxylation sites is 1. The number of hydrogen-bond donors (Lipinski definition) is 0. The molecule has 1 aliphatic rings. The highest BCUT2D eigenvalue weighted by atomic mass is 32.2. The zero-order chi connectivity index (χ0) is 29.8. The fourth-order valence-electron chi connectivity index (χ4n) is 5.18. The molecule has 1 saturated heterocycles. The van der Waals surface area contributed by atoms with Gasteiger partial charge in [0.2, 0.25) is 10.0 Å². The molecule has 0 radical (unpaired) electrons. The molecule has 4 rings (SSSR count). The number of piperazine rings is 1. The zero-order valence-electron chi connectivity index (χ0n) is 23.5. The molecule has 0 saturated carbocycles. The van der Waals surface area contributed by atoms with Crippen LogP contribution in [-0.4, -0.2) is 72.9 Å². The molecule has 41 heavy (non-hydrogen) atoms. The highest BCUT2D eigenvalue weighted by Crippen LogP contribution is 2.33. The highest BCUT2D eigenvalue weighted by molar-refractivity contribution is 7.88. The second-order valence-electron chi connectivity index (χ2n) is 10.2. The minimum Gasteiger partial charge on any atom is -0.368 e. The molecular formula is C29H35F3N6O2S. The number of rotatable bonds is 10. The van der Waals surface area contributed by atoms with E-state index in [1.807, 2.05) is 35.9 Å². The Labute approximate surface area is 239 Å². The highest BCUT2D eigenvalue weighted by Gasteiger charge is 2.30. The Kier molecular flexibility index (Phi) is 9.41. The van der Waals surface area contributed by atoms with E-state index in [4.69, 9.17) is 5.10 Å². The third-order valence-corrected chi connectivity index (χ3v) is 8.88. The molecule has 3 aromatic rings. The lowest BCUT2D eigenvalue weighted by Crippen LogP contribution is -2.47. The topological polar surface area (TPSA) is 85.5 Å². The molecule has 8 nitrogen and oxygen atoms in total. The molecule has 1 aromatic heterocycles. The number of aryl methyl sites for hydroxylation is 1. The standard InChI is InChI=1S/C29H35F3N6O2S/c1-4-37(41(3,39)40)21-26-22(2)38(34-28(26)23-10-12-25(13-11-23)29(30,31)32)15-7-14-35-16-18-36(19-17-35)27-9-6-5-8-24(27)20-33/h5-6,8-13H,4,7,14-19,21H2,1-3H3. The van der Waals surface area contributed by atoms with Crippen molar-refractivity contribution < 1.29 is 21.6 Å². The van der Waals surface area contributed by atoms with Crippen LogP contribution in [0.1, 0.15) is 35.7 Å². The first-order valence-electron chi connectivity index (χ1n) is 13.6. The molecule has 220 valence electrons. The summed E-state index contributed by atoms with van der Waals surface area (Å²) in [6.45, 7) is 8.75. The van der Waals surface area contributed by atoms with Crippen LogP contribution in [0.25, 0.3) is 11.3 Å². The summed E-state index contributed by atoms with van der Waals surface area (Å²) in [4.78, 5) is 4.60. The third kappa shape index (κ3) is 7.28. The first-order valence-corrected chi connectivity index (χ1v) is 15.4. The van der Waals surface area contributed by atoms with Crippen molar-refractivity contribution in [1.82, 2.24) is 19.0 Å². The van der Waals surface area contributed by atoms with Crippen molar-refractivity contribution >= 4 is 15.7 Å². The fourth-order valence-corrected chi connectivity index (χ4v) is 6.01. The molecule has 1 fully saturated rings. The van der Waals surface area contributed by atoms with Gasteiger partial charge in [-0.05, 0) is 37.6 Å². The molecule has 0 spiro atoms. The number of alkyl halides is 3. The second-order valence-corrected chi connectivity index (χ2v) is 12.2. The molecule has 2 aromatic carbocycles. The monoisotopic (exact) mass is 588 g/mol. The quantitative estimate of drug-likeness (QED) is 0.340. The van der Waals surface area contributed by atoms with Crippen LogP contribution in [0.3, 0.4) is 0 Å². The average Bonchev–Trinajstić information content (AvgIpc) is 3.25. The summed E-state index contributed by atoms with van der Waals surface area (Å²) in [5, 5.41) is 14.2. The van der Waals surface area contributed by atoms with Crippen LogP contribution >= 0.6 is 0 Å². The first-order chi connectivity index (χ1) is 19.4. The Morgan fingerprint density at radius 3 is 2.27 bits per heavy atom. The second kappa shape index (κ2) is 12.6. The summed E-state index contributed by atoms with van der Waals surface area (Å²) < 4.78 is 67.3. The molecule has 0 N–H and O–H groups in total. The summed E-state index contributed by atoms with van der Waals surface area (Å²) in [7, 11) is -3.49. The van der Waals surface area contributed by atoms with Crippen LogP contribution in [-0.2, 0) is 29.3 Å². The Morgan fingerprint density at radius 2 is 1.68 bits per heavy atom. The van der Waals surface area contributed by atoms with Gasteiger partial charge in [0.1, 0.15) is 6.07 Å². The number of nitriles is 1. The van der Waals surface area contributed by atoms with Crippen molar-refractivity contribution in [3.05, 3.63) is 70.9 Å². The summed E-state index contributed by atoms with van der Waals surface area (Å²) >= 11 is 0. The van der Waals surface area contributed by atoms with Crippen molar-refractivity contribution in [2.75, 3.05) is 50.4 Å². The van der Waals surface area contributed by atoms with Crippen molar-refractivity contribution in [2.45, 2.75) is 39.5 Å². The van der Waals surface area contributed by atoms with Gasteiger partial charge in [0, 0.05) is 69.2 Å². The van der Waals surface area contributed by atoms with E-state index in [1.54, 1.807) is 6.92 Å². The van der Waals surface area contributed by atoms with Crippen LogP contribution in [0, 0.1) is 18.3 Å². The largest absolute Gasteiger partial charge is 0.416 e. The van der Waals surface area contributed by atoms with Crippen molar-refractivity contribution in [3.63, 3.8) is 0 Å². The lowest BCUT2D eigenvalue weighted by atomic mass is 10.0. The van der Waals surface area contributed by atoms with Crippen molar-refractivity contribution in [3.8, 4) is 17.3 Å². The van der Waals surface area contributed by atoms with Gasteiger partial charge in [0.25, 0.3) is 0 Å². The van der Waals surface area contributed by atoms with Gasteiger partial charge in [-0.15, -0.1) is 0 Å². The zero-order valence-corrected chi connectivity index (χ0v) is 24.3. The number of aromatic nitrogens is 2. The predicted octanol–water partition coefficient (Wildman–Crippen LogP) is 4.74. The SMILES string of the molecule is CCN(Cc1c(-c2ccc(C(F)(F)F)cc2)nn(CCCN2CCN(c3ccccc3C#N)CC2)c1C)S(C)(=O)=O. The van der Waals surface area contributed by atoms with Gasteiger partial charge < -0.3 is 4.90 Å². The number of nitrogens with zero attached hydrogens (tertiary/aromatic N) is 6. The van der Waals surface area contributed by atoms with Gasteiger partial charge in [-0.2, -0.15) is 27.8 Å². The van der Waals surface area contributed by atoms with E-state index < -0.39 is 21.8 Å². The lowest BCUT2D eigenvalue weighted by Gasteiger charge is -2.36. The predicted molar refractivity (Wildman–Crippen MR) is 153 cm³/mol. The average molecular weight is 589 g/mol. The van der Waals surface area contributed by atoms with Crippen LogP contribution in [0.5, 0.6) is 0 Å². The minimum absolute atomic E-state index is 0.0870. The number of halogens is 3. The molecule has 2 heterocycles. The summed E-state index contributed by atoms with van der Waals surface area (Å²) in [5.74, 6) is 0. The Bertz CT molecular complexity index is 1490. The van der Waals surface area contributed by atoms with E-state index in [0.717, 1.165) is 68.9 Å². The Morgan fingerprint density at radius 1 is 1.02 bits per heavy atom. The number of hydrogen-bond acceptors (Lipinski definition) is 6. The maximum absolute atomic E-state index is 13.1. The van der Waals surface area contributed by atoms with Gasteiger partial charge in [-0.25, -0.2) is 8.42 Å². The van der Waals surface area contributed by atoms with Crippen LogP contribution < -0.4 is 4.90 Å². The van der Waals surface area contributed by atoms with E-state index in [2.05, 4.69) is 15.9 Å². The normalized spacial score (nSPS) is 14.9. The summed E-state index contributed by atoms with van der Waals surface area (Å²) in [5.41, 5.74) is 3.35. The Balaban J connectivity index is 1.47. The van der Waals surface area contributed by atoms with E-state index in [-0.39, 0.29) is 13.1 Å². The number of sulfonamides is 1. The third-order valence-electron chi connectivity index (χ3n) is 7.55. The van der Waals surface area contributed by atoms with E-state index in [1.165, 1.54) is 16.4 Å². The summed E-state index contributed by atoms with van der Waals surface area (Å²) in [6, 6.07) is 14.7. The molecule has 0 atom stereocenters. The molecule has 0 unspecified atom stereocenters. The van der Waals surface area contributed by atoms with Gasteiger partial charge >= 0.3 is 6.18 Å². The van der Waals surface area contributed by atoms with Crippen molar-refractivity contribution in [1.29, 1.82) is 5.26 Å². The molecule has 0 aliphatic carbocycles. The van der Waals surface area contributed by atoms with E-state index in [0.29, 0.717) is 28.9 Å². The van der Waals surface area contributed by atoms with Crippen LogP contribution in [0.4, 0.5) is 18.9 Å². The number of anilines is 1.